The van der Waals surface area contributed by atoms with Crippen LogP contribution >= 0.6 is 12.4 Å². The summed E-state index contributed by atoms with van der Waals surface area (Å²) in [7, 11) is 0. The highest BCUT2D eigenvalue weighted by molar-refractivity contribution is 5.85. The lowest BCUT2D eigenvalue weighted by Gasteiger charge is -1.76. The van der Waals surface area contributed by atoms with Gasteiger partial charge in [-0.3, -0.25) is 0 Å². The molecule has 0 saturated heterocycles. The average molecular weight is 129 g/mol. The maximum absolute atomic E-state index is 4.69. The van der Waals surface area contributed by atoms with Gasteiger partial charge >= 0.3 is 0 Å². The SMILES string of the molecule is Cl.NN=C(N)N.O. The molecule has 0 saturated carbocycles. The molecule has 0 spiro atoms. The van der Waals surface area contributed by atoms with E-state index < -0.39 is 0 Å². The number of nitrogens with zero attached hydrogens (tertiary/aromatic N) is 1. The van der Waals surface area contributed by atoms with Crippen LogP contribution in [0, 0.1) is 0 Å². The van der Waals surface area contributed by atoms with Gasteiger partial charge in [0.15, 0.2) is 0 Å². The second-order valence-corrected chi connectivity index (χ2v) is 0.554. The minimum Gasteiger partial charge on any atom is -0.412 e. The summed E-state index contributed by atoms with van der Waals surface area (Å²) in [5.41, 5.74) is 9.39. The third kappa shape index (κ3) is 33.7. The molecule has 7 heavy (non-hydrogen) atoms. The molecule has 0 aromatic heterocycles. The second kappa shape index (κ2) is 9.01. The Hall–Kier alpha value is -0.680. The van der Waals surface area contributed by atoms with Crippen molar-refractivity contribution in [3.8, 4) is 0 Å². The smallest absolute Gasteiger partial charge is 0.208 e. The highest BCUT2D eigenvalue weighted by atomic mass is 35.5. The Morgan fingerprint density at radius 2 is 1.43 bits per heavy atom. The number of hydrazone groups is 1. The number of halogens is 1. The first-order valence-corrected chi connectivity index (χ1v) is 1.06. The molecule has 0 unspecified atom stereocenters. The van der Waals surface area contributed by atoms with Crippen molar-refractivity contribution in [2.24, 2.45) is 22.4 Å². The molecule has 0 aliphatic carbocycles. The van der Waals surface area contributed by atoms with Gasteiger partial charge in [0, 0.05) is 0 Å². The molecule has 46 valence electrons. The van der Waals surface area contributed by atoms with Gasteiger partial charge in [0.05, 0.1) is 0 Å². The van der Waals surface area contributed by atoms with Crippen LogP contribution in [0.15, 0.2) is 5.10 Å². The van der Waals surface area contributed by atoms with Crippen molar-refractivity contribution in [2.45, 2.75) is 0 Å². The van der Waals surface area contributed by atoms with E-state index in [1.54, 1.807) is 0 Å². The van der Waals surface area contributed by atoms with Gasteiger partial charge < -0.3 is 22.8 Å². The summed E-state index contributed by atoms with van der Waals surface area (Å²) in [6.45, 7) is 0. The highest BCUT2D eigenvalue weighted by Crippen LogP contribution is 1.31. The third-order valence-corrected chi connectivity index (χ3v) is 0.149. The van der Waals surface area contributed by atoms with Crippen molar-refractivity contribution < 1.29 is 5.48 Å². The molecule has 0 heterocycles. The molecular weight excluding hydrogens is 119 g/mol. The number of guanidine groups is 1. The van der Waals surface area contributed by atoms with Crippen LogP contribution in [0.2, 0.25) is 0 Å². The summed E-state index contributed by atoms with van der Waals surface area (Å²) in [6, 6.07) is 0. The number of rotatable bonds is 0. The lowest BCUT2D eigenvalue weighted by molar-refractivity contribution is 0.824. The van der Waals surface area contributed by atoms with Crippen LogP contribution in [0.1, 0.15) is 0 Å². The minimum atomic E-state index is -0.0926. The van der Waals surface area contributed by atoms with E-state index in [-0.39, 0.29) is 23.8 Å². The number of hydrogen-bond acceptors (Lipinski definition) is 2. The van der Waals surface area contributed by atoms with Crippen LogP contribution in [-0.4, -0.2) is 11.4 Å². The van der Waals surface area contributed by atoms with E-state index in [9.17, 15) is 0 Å². The first-order chi connectivity index (χ1) is 2.27. The quantitative estimate of drug-likeness (QED) is 0.148. The fourth-order valence-electron chi connectivity index (χ4n) is 0. The Labute approximate surface area is 47.3 Å². The lowest BCUT2D eigenvalue weighted by atomic mass is 11.1. The molecule has 0 radical (unpaired) electrons. The molecule has 5 nitrogen and oxygen atoms in total. The summed E-state index contributed by atoms with van der Waals surface area (Å²) >= 11 is 0. The van der Waals surface area contributed by atoms with E-state index in [4.69, 9.17) is 11.5 Å². The molecule has 0 fully saturated rings. The van der Waals surface area contributed by atoms with E-state index in [1.165, 1.54) is 0 Å². The van der Waals surface area contributed by atoms with Gasteiger partial charge in [-0.05, 0) is 0 Å². The lowest BCUT2D eigenvalue weighted by Crippen LogP contribution is -2.23. The average Bonchev–Trinajstić information content (AvgIpc) is 1.38. The predicted octanol–water partition coefficient (Wildman–Crippen LogP) is -2.27. The van der Waals surface area contributed by atoms with E-state index in [0.29, 0.717) is 0 Å². The van der Waals surface area contributed by atoms with Gasteiger partial charge in [0.2, 0.25) is 5.96 Å². The molecular formula is CH9ClN4O. The molecule has 0 aromatic carbocycles. The molecule has 0 bridgehead atoms. The van der Waals surface area contributed by atoms with Crippen LogP contribution in [0.25, 0.3) is 0 Å². The highest BCUT2D eigenvalue weighted by Gasteiger charge is 1.62. The predicted molar refractivity (Wildman–Crippen MR) is 30.9 cm³/mol. The Morgan fingerprint density at radius 1 is 1.29 bits per heavy atom. The topological polar surface area (TPSA) is 122 Å². The Balaban J connectivity index is -0.0000000800. The molecule has 0 atom stereocenters. The number of nitrogens with two attached hydrogens (primary N) is 3. The van der Waals surface area contributed by atoms with Crippen molar-refractivity contribution >= 4 is 18.4 Å². The van der Waals surface area contributed by atoms with Crippen LogP contribution in [-0.2, 0) is 0 Å². The molecule has 8 N–H and O–H groups in total. The Morgan fingerprint density at radius 3 is 1.43 bits per heavy atom. The van der Waals surface area contributed by atoms with Crippen molar-refractivity contribution in [2.75, 3.05) is 0 Å². The second-order valence-electron chi connectivity index (χ2n) is 0.554. The van der Waals surface area contributed by atoms with E-state index in [2.05, 4.69) is 10.9 Å². The summed E-state index contributed by atoms with van der Waals surface area (Å²) in [4.78, 5) is 0. The maximum atomic E-state index is 4.69. The minimum absolute atomic E-state index is 0. The number of hydrogen-bond donors (Lipinski definition) is 3. The fraction of sp³-hybridized carbons (Fsp3) is 0. The molecule has 0 aromatic rings. The first-order valence-electron chi connectivity index (χ1n) is 1.06. The van der Waals surface area contributed by atoms with Gasteiger partial charge in [0.25, 0.3) is 0 Å². The zero-order chi connectivity index (χ0) is 4.28. The summed E-state index contributed by atoms with van der Waals surface area (Å²) < 4.78 is 0. The summed E-state index contributed by atoms with van der Waals surface area (Å²) in [6.07, 6.45) is 0. The summed E-state index contributed by atoms with van der Waals surface area (Å²) in [5, 5.41) is 2.86. The maximum Gasteiger partial charge on any atom is 0.208 e. The van der Waals surface area contributed by atoms with E-state index in [1.807, 2.05) is 0 Å². The normalized spacial score (nSPS) is 4.57. The van der Waals surface area contributed by atoms with Gasteiger partial charge in [0.1, 0.15) is 0 Å². The fourth-order valence-corrected chi connectivity index (χ4v) is 0. The van der Waals surface area contributed by atoms with E-state index >= 15 is 0 Å². The zero-order valence-corrected chi connectivity index (χ0v) is 4.40. The molecule has 6 heteroatoms. The van der Waals surface area contributed by atoms with Gasteiger partial charge in [-0.2, -0.15) is 0 Å². The van der Waals surface area contributed by atoms with Crippen LogP contribution in [0.3, 0.4) is 0 Å². The van der Waals surface area contributed by atoms with E-state index in [0.717, 1.165) is 0 Å². The largest absolute Gasteiger partial charge is 0.412 e. The van der Waals surface area contributed by atoms with Gasteiger partial charge in [-0.25, -0.2) is 0 Å². The molecule has 0 rings (SSSR count). The Kier molecular flexibility index (Phi) is 20.9. The van der Waals surface area contributed by atoms with Crippen molar-refractivity contribution in [1.29, 1.82) is 0 Å². The van der Waals surface area contributed by atoms with Gasteiger partial charge in [-0.1, -0.05) is 0 Å². The zero-order valence-electron chi connectivity index (χ0n) is 3.59. The standard InChI is InChI=1S/CH6N4.ClH.H2O/c2-1(3)5-4;;/h4H2,(H4,2,3,5);1H;1H2. The first kappa shape index (κ1) is 16.2. The molecule has 0 amide bonds. The van der Waals surface area contributed by atoms with Crippen molar-refractivity contribution in [1.82, 2.24) is 0 Å². The molecule has 0 aliphatic heterocycles. The Bertz CT molecular complexity index is 49.7. The third-order valence-electron chi connectivity index (χ3n) is 0.149. The van der Waals surface area contributed by atoms with Crippen molar-refractivity contribution in [3.63, 3.8) is 0 Å². The summed E-state index contributed by atoms with van der Waals surface area (Å²) in [5.74, 6) is 4.42. The molecule has 0 aliphatic rings. The van der Waals surface area contributed by atoms with Gasteiger partial charge in [-0.15, -0.1) is 17.5 Å². The van der Waals surface area contributed by atoms with Crippen molar-refractivity contribution in [3.05, 3.63) is 0 Å². The van der Waals surface area contributed by atoms with Crippen LogP contribution in [0.5, 0.6) is 0 Å². The van der Waals surface area contributed by atoms with Crippen LogP contribution < -0.4 is 17.3 Å². The monoisotopic (exact) mass is 128 g/mol. The van der Waals surface area contributed by atoms with Crippen LogP contribution in [0.4, 0.5) is 0 Å².